The summed E-state index contributed by atoms with van der Waals surface area (Å²) in [6, 6.07) is 3.23. The van der Waals surface area contributed by atoms with Crippen molar-refractivity contribution in [3.8, 4) is 0 Å². The molecule has 0 aromatic heterocycles. The van der Waals surface area contributed by atoms with Crippen molar-refractivity contribution in [3.05, 3.63) is 35.4 Å². The Labute approximate surface area is 111 Å². The SMILES string of the molecule is CCS(=O)(=O)CCCC(NN)c1cccc(F)c1F. The first-order valence-corrected chi connectivity index (χ1v) is 7.84. The van der Waals surface area contributed by atoms with Crippen LogP contribution in [0.3, 0.4) is 0 Å². The zero-order valence-corrected chi connectivity index (χ0v) is 11.5. The lowest BCUT2D eigenvalue weighted by Crippen LogP contribution is -2.29. The summed E-state index contributed by atoms with van der Waals surface area (Å²) in [4.78, 5) is 0. The molecule has 0 saturated heterocycles. The van der Waals surface area contributed by atoms with Crippen LogP contribution in [0, 0.1) is 11.6 Å². The summed E-state index contributed by atoms with van der Waals surface area (Å²) in [5.41, 5.74) is 2.50. The Hall–Kier alpha value is -1.05. The molecule has 0 aliphatic heterocycles. The van der Waals surface area contributed by atoms with E-state index in [1.807, 2.05) is 0 Å². The van der Waals surface area contributed by atoms with Gasteiger partial charge in [0.05, 0.1) is 5.75 Å². The molecule has 1 rings (SSSR count). The molecule has 0 aliphatic rings. The van der Waals surface area contributed by atoms with Gasteiger partial charge in [-0.15, -0.1) is 0 Å². The molecule has 0 aliphatic carbocycles. The van der Waals surface area contributed by atoms with E-state index in [-0.39, 0.29) is 17.1 Å². The number of nitrogens with two attached hydrogens (primary N) is 1. The number of hydrazine groups is 1. The smallest absolute Gasteiger partial charge is 0.163 e. The number of sulfone groups is 1. The predicted octanol–water partition coefficient (Wildman–Crippen LogP) is 1.68. The van der Waals surface area contributed by atoms with Crippen LogP contribution < -0.4 is 11.3 Å². The van der Waals surface area contributed by atoms with E-state index in [9.17, 15) is 17.2 Å². The number of benzene rings is 1. The van der Waals surface area contributed by atoms with E-state index in [0.717, 1.165) is 6.07 Å². The summed E-state index contributed by atoms with van der Waals surface area (Å²) in [5.74, 6) is 3.50. The molecule has 0 heterocycles. The maximum absolute atomic E-state index is 13.6. The molecule has 1 aromatic rings. The van der Waals surface area contributed by atoms with Crippen LogP contribution in [0.15, 0.2) is 18.2 Å². The van der Waals surface area contributed by atoms with Crippen molar-refractivity contribution in [1.29, 1.82) is 0 Å². The minimum Gasteiger partial charge on any atom is -0.271 e. The molecule has 0 amide bonds. The number of hydrogen-bond acceptors (Lipinski definition) is 4. The molecule has 0 radical (unpaired) electrons. The van der Waals surface area contributed by atoms with Crippen LogP contribution in [0.5, 0.6) is 0 Å². The average molecular weight is 292 g/mol. The van der Waals surface area contributed by atoms with E-state index in [1.165, 1.54) is 12.1 Å². The third-order valence-electron chi connectivity index (χ3n) is 2.95. The van der Waals surface area contributed by atoms with Gasteiger partial charge >= 0.3 is 0 Å². The Morgan fingerprint density at radius 2 is 2.05 bits per heavy atom. The Morgan fingerprint density at radius 1 is 1.37 bits per heavy atom. The topological polar surface area (TPSA) is 72.2 Å². The Bertz CT molecular complexity index is 520. The molecule has 0 fully saturated rings. The van der Waals surface area contributed by atoms with Crippen molar-refractivity contribution in [2.24, 2.45) is 5.84 Å². The average Bonchev–Trinajstić information content (AvgIpc) is 2.38. The molecule has 0 spiro atoms. The highest BCUT2D eigenvalue weighted by atomic mass is 32.2. The molecule has 108 valence electrons. The van der Waals surface area contributed by atoms with Crippen LogP contribution in [0.2, 0.25) is 0 Å². The number of hydrogen-bond donors (Lipinski definition) is 2. The lowest BCUT2D eigenvalue weighted by atomic mass is 10.0. The summed E-state index contributed by atoms with van der Waals surface area (Å²) < 4.78 is 49.4. The molecule has 0 bridgehead atoms. The summed E-state index contributed by atoms with van der Waals surface area (Å²) in [5, 5.41) is 0. The highest BCUT2D eigenvalue weighted by Crippen LogP contribution is 2.22. The van der Waals surface area contributed by atoms with Crippen LogP contribution >= 0.6 is 0 Å². The standard InChI is InChI=1S/C12H18F2N2O2S/c1-2-19(17,18)8-4-7-11(16-15)9-5-3-6-10(13)12(9)14/h3,5-6,11,16H,2,4,7-8,15H2,1H3. The highest BCUT2D eigenvalue weighted by Gasteiger charge is 2.18. The minimum absolute atomic E-state index is 0.0125. The van der Waals surface area contributed by atoms with Gasteiger partial charge in [-0.3, -0.25) is 11.3 Å². The molecule has 0 saturated carbocycles. The Morgan fingerprint density at radius 3 is 2.63 bits per heavy atom. The Kier molecular flexibility index (Phi) is 5.84. The van der Waals surface area contributed by atoms with Gasteiger partial charge in [-0.2, -0.15) is 0 Å². The van der Waals surface area contributed by atoms with E-state index in [1.54, 1.807) is 6.92 Å². The van der Waals surface area contributed by atoms with Crippen molar-refractivity contribution in [1.82, 2.24) is 5.43 Å². The van der Waals surface area contributed by atoms with Crippen molar-refractivity contribution in [3.63, 3.8) is 0 Å². The number of rotatable bonds is 7. The van der Waals surface area contributed by atoms with Crippen molar-refractivity contribution in [2.75, 3.05) is 11.5 Å². The fourth-order valence-corrected chi connectivity index (χ4v) is 2.67. The third kappa shape index (κ3) is 4.52. The van der Waals surface area contributed by atoms with Gasteiger partial charge in [0, 0.05) is 17.4 Å². The molecule has 1 aromatic carbocycles. The summed E-state index contributed by atoms with van der Waals surface area (Å²) in [6.07, 6.45) is 0.650. The van der Waals surface area contributed by atoms with Gasteiger partial charge < -0.3 is 0 Å². The first-order chi connectivity index (χ1) is 8.91. The zero-order valence-electron chi connectivity index (χ0n) is 10.7. The van der Waals surface area contributed by atoms with Gasteiger partial charge in [-0.05, 0) is 18.9 Å². The summed E-state index contributed by atoms with van der Waals surface area (Å²) in [6.45, 7) is 1.57. The minimum atomic E-state index is -3.06. The first kappa shape index (κ1) is 16.0. The molecular formula is C12H18F2N2O2S. The van der Waals surface area contributed by atoms with Crippen LogP contribution in [0.1, 0.15) is 31.4 Å². The lowest BCUT2D eigenvalue weighted by Gasteiger charge is -2.17. The second-order valence-corrected chi connectivity index (χ2v) is 6.71. The molecule has 3 N–H and O–H groups in total. The van der Waals surface area contributed by atoms with Gasteiger partial charge in [0.15, 0.2) is 11.6 Å². The molecule has 1 atom stereocenters. The van der Waals surface area contributed by atoms with Gasteiger partial charge in [-0.1, -0.05) is 19.1 Å². The monoisotopic (exact) mass is 292 g/mol. The quantitative estimate of drug-likeness (QED) is 0.592. The van der Waals surface area contributed by atoms with Gasteiger partial charge in [0.1, 0.15) is 9.84 Å². The van der Waals surface area contributed by atoms with Crippen LogP contribution in [0.25, 0.3) is 0 Å². The molecule has 1 unspecified atom stereocenters. The zero-order chi connectivity index (χ0) is 14.5. The van der Waals surface area contributed by atoms with Crippen molar-refractivity contribution >= 4 is 9.84 Å². The van der Waals surface area contributed by atoms with E-state index >= 15 is 0 Å². The summed E-state index contributed by atoms with van der Waals surface area (Å²) >= 11 is 0. The van der Waals surface area contributed by atoms with Crippen molar-refractivity contribution in [2.45, 2.75) is 25.8 Å². The van der Waals surface area contributed by atoms with E-state index in [2.05, 4.69) is 5.43 Å². The number of nitrogens with one attached hydrogen (secondary N) is 1. The number of halogens is 2. The fraction of sp³-hybridized carbons (Fsp3) is 0.500. The lowest BCUT2D eigenvalue weighted by molar-refractivity contribution is 0.449. The van der Waals surface area contributed by atoms with Gasteiger partial charge in [0.25, 0.3) is 0 Å². The Balaban J connectivity index is 2.71. The normalized spacial score (nSPS) is 13.5. The van der Waals surface area contributed by atoms with Crippen LogP contribution in [0.4, 0.5) is 8.78 Å². The first-order valence-electron chi connectivity index (χ1n) is 6.01. The van der Waals surface area contributed by atoms with Gasteiger partial charge in [-0.25, -0.2) is 17.2 Å². The molecule has 19 heavy (non-hydrogen) atoms. The van der Waals surface area contributed by atoms with E-state index in [4.69, 9.17) is 5.84 Å². The molecule has 4 nitrogen and oxygen atoms in total. The van der Waals surface area contributed by atoms with Crippen LogP contribution in [-0.4, -0.2) is 19.9 Å². The maximum Gasteiger partial charge on any atom is 0.163 e. The van der Waals surface area contributed by atoms with E-state index in [0.29, 0.717) is 12.8 Å². The predicted molar refractivity (Wildman–Crippen MR) is 70.0 cm³/mol. The van der Waals surface area contributed by atoms with Crippen molar-refractivity contribution < 1.29 is 17.2 Å². The summed E-state index contributed by atoms with van der Waals surface area (Å²) in [7, 11) is -3.06. The molecule has 7 heteroatoms. The van der Waals surface area contributed by atoms with Crippen LogP contribution in [-0.2, 0) is 9.84 Å². The largest absolute Gasteiger partial charge is 0.271 e. The highest BCUT2D eigenvalue weighted by molar-refractivity contribution is 7.91. The van der Waals surface area contributed by atoms with Gasteiger partial charge in [0.2, 0.25) is 0 Å². The van der Waals surface area contributed by atoms with E-state index < -0.39 is 27.5 Å². The third-order valence-corrected chi connectivity index (χ3v) is 4.74. The maximum atomic E-state index is 13.6. The second-order valence-electron chi connectivity index (χ2n) is 4.24. The molecular weight excluding hydrogens is 274 g/mol. The fourth-order valence-electron chi connectivity index (χ4n) is 1.77. The second kappa shape index (κ2) is 6.93.